The molecule has 2 rings (SSSR count). The van der Waals surface area contributed by atoms with E-state index < -0.39 is 0 Å². The van der Waals surface area contributed by atoms with Gasteiger partial charge in [0, 0.05) is 12.1 Å². The summed E-state index contributed by atoms with van der Waals surface area (Å²) in [6.07, 6.45) is 8.87. The lowest BCUT2D eigenvalue weighted by Crippen LogP contribution is -1.97. The van der Waals surface area contributed by atoms with Crippen LogP contribution in [0.5, 0.6) is 0 Å². The zero-order valence-electron chi connectivity index (χ0n) is 6.84. The second-order valence-corrected chi connectivity index (χ2v) is 3.79. The minimum Gasteiger partial charge on any atom is -0.297 e. The fourth-order valence-corrected chi connectivity index (χ4v) is 2.33. The van der Waals surface area contributed by atoms with Crippen LogP contribution >= 0.6 is 0 Å². The van der Waals surface area contributed by atoms with Crippen LogP contribution in [0.4, 0.5) is 0 Å². The van der Waals surface area contributed by atoms with E-state index in [0.717, 1.165) is 12.1 Å². The number of fused-ring (bicyclic) bond motifs is 1. The van der Waals surface area contributed by atoms with E-state index in [1.54, 1.807) is 0 Å². The van der Waals surface area contributed by atoms with Crippen LogP contribution in [0.1, 0.15) is 38.5 Å². The fourth-order valence-electron chi connectivity index (χ4n) is 2.33. The zero-order valence-corrected chi connectivity index (χ0v) is 6.84. The summed E-state index contributed by atoms with van der Waals surface area (Å²) >= 11 is 0. The van der Waals surface area contributed by atoms with Crippen molar-refractivity contribution in [1.82, 2.24) is 4.90 Å². The third-order valence-electron chi connectivity index (χ3n) is 3.15. The Kier molecular flexibility index (Phi) is 1.69. The normalized spacial score (nSPS) is 47.1. The van der Waals surface area contributed by atoms with Gasteiger partial charge in [-0.1, -0.05) is 25.7 Å². The Morgan fingerprint density at radius 3 is 1.90 bits per heavy atom. The lowest BCUT2D eigenvalue weighted by Gasteiger charge is -2.03. The number of nitrogens with zero attached hydrogens (tertiary/aromatic N) is 1. The van der Waals surface area contributed by atoms with E-state index in [-0.39, 0.29) is 0 Å². The zero-order chi connectivity index (χ0) is 6.97. The van der Waals surface area contributed by atoms with Crippen LogP contribution < -0.4 is 0 Å². The molecule has 10 heavy (non-hydrogen) atoms. The Bertz CT molecular complexity index is 108. The van der Waals surface area contributed by atoms with E-state index in [1.165, 1.54) is 38.5 Å². The molecule has 1 saturated carbocycles. The molecule has 0 radical (unpaired) electrons. The van der Waals surface area contributed by atoms with Gasteiger partial charge in [-0.15, -0.1) is 0 Å². The second-order valence-electron chi connectivity index (χ2n) is 3.79. The van der Waals surface area contributed by atoms with Gasteiger partial charge < -0.3 is 0 Å². The molecule has 0 amide bonds. The van der Waals surface area contributed by atoms with Crippen LogP contribution in [0.2, 0.25) is 0 Å². The summed E-state index contributed by atoms with van der Waals surface area (Å²) in [4.78, 5) is 2.55. The molecule has 1 heteroatoms. The van der Waals surface area contributed by atoms with Crippen molar-refractivity contribution in [2.45, 2.75) is 50.6 Å². The van der Waals surface area contributed by atoms with Crippen molar-refractivity contribution in [3.8, 4) is 0 Å². The molecule has 1 saturated heterocycles. The highest BCUT2D eigenvalue weighted by Gasteiger charge is 2.42. The maximum atomic E-state index is 2.55. The van der Waals surface area contributed by atoms with E-state index in [2.05, 4.69) is 11.9 Å². The molecule has 1 nitrogen and oxygen atoms in total. The molecule has 0 aromatic carbocycles. The van der Waals surface area contributed by atoms with Gasteiger partial charge in [0.2, 0.25) is 0 Å². The fraction of sp³-hybridized carbons (Fsp3) is 1.00. The van der Waals surface area contributed by atoms with Crippen LogP contribution in [0.3, 0.4) is 0 Å². The predicted molar refractivity (Wildman–Crippen MR) is 43.0 cm³/mol. The van der Waals surface area contributed by atoms with Crippen molar-refractivity contribution in [2.75, 3.05) is 7.05 Å². The summed E-state index contributed by atoms with van der Waals surface area (Å²) in [5.41, 5.74) is 0. The van der Waals surface area contributed by atoms with Crippen LogP contribution in [0.25, 0.3) is 0 Å². The molecule has 2 aliphatic rings. The quantitative estimate of drug-likeness (QED) is 0.464. The Morgan fingerprint density at radius 1 is 0.900 bits per heavy atom. The second kappa shape index (κ2) is 2.54. The van der Waals surface area contributed by atoms with Gasteiger partial charge in [-0.05, 0) is 19.9 Å². The molecule has 0 spiro atoms. The van der Waals surface area contributed by atoms with E-state index >= 15 is 0 Å². The molecule has 1 aliphatic carbocycles. The maximum Gasteiger partial charge on any atom is 0.0252 e. The van der Waals surface area contributed by atoms with Crippen LogP contribution in [0.15, 0.2) is 0 Å². The lowest BCUT2D eigenvalue weighted by atomic mass is 10.0. The molecular formula is C9H17N. The molecule has 0 aromatic rings. The molecule has 2 atom stereocenters. The van der Waals surface area contributed by atoms with Gasteiger partial charge in [-0.25, -0.2) is 0 Å². The van der Waals surface area contributed by atoms with Crippen molar-refractivity contribution in [2.24, 2.45) is 0 Å². The molecule has 1 aliphatic heterocycles. The summed E-state index contributed by atoms with van der Waals surface area (Å²) in [6.45, 7) is 0. The average molecular weight is 139 g/mol. The van der Waals surface area contributed by atoms with E-state index in [1.807, 2.05) is 0 Å². The first kappa shape index (κ1) is 6.66. The summed E-state index contributed by atoms with van der Waals surface area (Å²) in [5, 5.41) is 0. The smallest absolute Gasteiger partial charge is 0.0252 e. The topological polar surface area (TPSA) is 3.01 Å². The number of rotatable bonds is 0. The van der Waals surface area contributed by atoms with E-state index in [4.69, 9.17) is 0 Å². The highest BCUT2D eigenvalue weighted by Crippen LogP contribution is 2.35. The SMILES string of the molecule is CN1C2CCCCCCC21. The number of likely N-dealkylation sites (N-methyl/N-ethyl adjacent to an activating group) is 1. The van der Waals surface area contributed by atoms with Crippen LogP contribution in [-0.4, -0.2) is 24.0 Å². The highest BCUT2D eigenvalue weighted by molar-refractivity contribution is 4.99. The molecule has 0 bridgehead atoms. The van der Waals surface area contributed by atoms with Gasteiger partial charge >= 0.3 is 0 Å². The standard InChI is InChI=1S/C9H17N/c1-10-8-6-4-2-3-5-7-9(8)10/h8-9H,2-7H2,1H3. The predicted octanol–water partition coefficient (Wildman–Crippen LogP) is 2.02. The van der Waals surface area contributed by atoms with Gasteiger partial charge in [0.15, 0.2) is 0 Å². The van der Waals surface area contributed by atoms with Crippen molar-refractivity contribution in [1.29, 1.82) is 0 Å². The summed E-state index contributed by atoms with van der Waals surface area (Å²) in [5.74, 6) is 0. The molecular weight excluding hydrogens is 122 g/mol. The van der Waals surface area contributed by atoms with Crippen molar-refractivity contribution in [3.05, 3.63) is 0 Å². The van der Waals surface area contributed by atoms with Crippen LogP contribution in [0, 0.1) is 0 Å². The molecule has 0 aromatic heterocycles. The maximum absolute atomic E-state index is 2.55. The van der Waals surface area contributed by atoms with Gasteiger partial charge in [0.25, 0.3) is 0 Å². The minimum absolute atomic E-state index is 0.986. The van der Waals surface area contributed by atoms with Gasteiger partial charge in [0.05, 0.1) is 0 Å². The van der Waals surface area contributed by atoms with Crippen molar-refractivity contribution < 1.29 is 0 Å². The Morgan fingerprint density at radius 2 is 1.40 bits per heavy atom. The molecule has 2 fully saturated rings. The van der Waals surface area contributed by atoms with Gasteiger partial charge in [-0.3, -0.25) is 4.90 Å². The lowest BCUT2D eigenvalue weighted by molar-refractivity contribution is 0.551. The molecule has 0 N–H and O–H groups in total. The summed E-state index contributed by atoms with van der Waals surface area (Å²) in [6, 6.07) is 1.97. The Hall–Kier alpha value is -0.0400. The summed E-state index contributed by atoms with van der Waals surface area (Å²) in [7, 11) is 2.28. The van der Waals surface area contributed by atoms with Crippen LogP contribution in [-0.2, 0) is 0 Å². The third-order valence-corrected chi connectivity index (χ3v) is 3.15. The Balaban J connectivity index is 1.86. The van der Waals surface area contributed by atoms with Gasteiger partial charge in [0.1, 0.15) is 0 Å². The summed E-state index contributed by atoms with van der Waals surface area (Å²) < 4.78 is 0. The third kappa shape index (κ3) is 1.07. The number of hydrogen-bond acceptors (Lipinski definition) is 1. The molecule has 2 unspecified atom stereocenters. The van der Waals surface area contributed by atoms with Crippen molar-refractivity contribution >= 4 is 0 Å². The molecule has 58 valence electrons. The first-order valence-corrected chi connectivity index (χ1v) is 4.61. The van der Waals surface area contributed by atoms with E-state index in [9.17, 15) is 0 Å². The minimum atomic E-state index is 0.986. The van der Waals surface area contributed by atoms with Gasteiger partial charge in [-0.2, -0.15) is 0 Å². The first-order valence-electron chi connectivity index (χ1n) is 4.61. The highest BCUT2D eigenvalue weighted by atomic mass is 15.3. The largest absolute Gasteiger partial charge is 0.297 e. The first-order chi connectivity index (χ1) is 4.89. The van der Waals surface area contributed by atoms with Crippen molar-refractivity contribution in [3.63, 3.8) is 0 Å². The van der Waals surface area contributed by atoms with E-state index in [0.29, 0.717) is 0 Å². The monoisotopic (exact) mass is 139 g/mol. The number of hydrogen-bond donors (Lipinski definition) is 0. The Labute approximate surface area is 63.4 Å². The average Bonchev–Trinajstić information content (AvgIpc) is 2.39. The molecule has 1 heterocycles.